The van der Waals surface area contributed by atoms with Crippen LogP contribution in [-0.4, -0.2) is 29.2 Å². The van der Waals surface area contributed by atoms with Gasteiger partial charge in [-0.15, -0.1) is 0 Å². The predicted octanol–water partition coefficient (Wildman–Crippen LogP) is 1.01. The summed E-state index contributed by atoms with van der Waals surface area (Å²) in [5, 5.41) is 11.5. The van der Waals surface area contributed by atoms with Crippen LogP contribution in [0.4, 0.5) is 20.3 Å². The van der Waals surface area contributed by atoms with Gasteiger partial charge in [0.2, 0.25) is 0 Å². The largest absolute Gasteiger partial charge is 0.397 e. The van der Waals surface area contributed by atoms with Crippen molar-refractivity contribution >= 4 is 11.5 Å². The summed E-state index contributed by atoms with van der Waals surface area (Å²) in [4.78, 5) is 3.92. The fourth-order valence-corrected chi connectivity index (χ4v) is 1.07. The van der Waals surface area contributed by atoms with Crippen molar-refractivity contribution in [2.75, 3.05) is 17.6 Å². The zero-order chi connectivity index (χ0) is 11.4. The minimum absolute atomic E-state index is 0.241. The van der Waals surface area contributed by atoms with Crippen LogP contribution in [0, 0.1) is 6.92 Å². The van der Waals surface area contributed by atoms with Crippen molar-refractivity contribution in [3.05, 3.63) is 17.8 Å². The molecule has 1 rings (SSSR count). The number of nitrogens with one attached hydrogen (secondary N) is 1. The molecule has 1 atom stereocenters. The fraction of sp³-hybridized carbons (Fsp3) is 0.444. The van der Waals surface area contributed by atoms with Gasteiger partial charge in [-0.2, -0.15) is 0 Å². The van der Waals surface area contributed by atoms with E-state index in [0.717, 1.165) is 5.56 Å². The molecule has 1 aromatic heterocycles. The highest BCUT2D eigenvalue weighted by Gasteiger charge is 2.16. The summed E-state index contributed by atoms with van der Waals surface area (Å²) in [6, 6.07) is 1.67. The molecule has 0 aromatic carbocycles. The number of rotatable bonds is 4. The Labute approximate surface area is 86.1 Å². The van der Waals surface area contributed by atoms with Crippen LogP contribution in [0.15, 0.2) is 12.3 Å². The molecule has 84 valence electrons. The second kappa shape index (κ2) is 4.88. The topological polar surface area (TPSA) is 71.2 Å². The molecular formula is C9H13F2N3O. The molecule has 0 fully saturated rings. The lowest BCUT2D eigenvalue weighted by atomic mass is 10.2. The van der Waals surface area contributed by atoms with E-state index in [1.807, 2.05) is 0 Å². The Kier molecular flexibility index (Phi) is 3.79. The minimum atomic E-state index is -2.76. The molecule has 0 spiro atoms. The first-order valence-electron chi connectivity index (χ1n) is 4.43. The highest BCUT2D eigenvalue weighted by molar-refractivity contribution is 5.50. The van der Waals surface area contributed by atoms with Crippen molar-refractivity contribution in [3.63, 3.8) is 0 Å². The van der Waals surface area contributed by atoms with Crippen LogP contribution in [-0.2, 0) is 0 Å². The number of halogens is 2. The molecule has 0 aliphatic heterocycles. The Morgan fingerprint density at radius 2 is 2.27 bits per heavy atom. The van der Waals surface area contributed by atoms with Gasteiger partial charge in [0, 0.05) is 6.54 Å². The number of nitrogens with zero attached hydrogens (tertiary/aromatic N) is 1. The van der Waals surface area contributed by atoms with E-state index in [9.17, 15) is 8.78 Å². The zero-order valence-electron chi connectivity index (χ0n) is 8.24. The van der Waals surface area contributed by atoms with Crippen molar-refractivity contribution in [1.82, 2.24) is 4.98 Å². The molecule has 0 aliphatic rings. The number of pyridine rings is 1. The van der Waals surface area contributed by atoms with Gasteiger partial charge in [-0.3, -0.25) is 0 Å². The lowest BCUT2D eigenvalue weighted by molar-refractivity contribution is 0.00380. The van der Waals surface area contributed by atoms with Crippen molar-refractivity contribution in [2.24, 2.45) is 0 Å². The minimum Gasteiger partial charge on any atom is -0.397 e. The van der Waals surface area contributed by atoms with E-state index in [2.05, 4.69) is 10.3 Å². The summed E-state index contributed by atoms with van der Waals surface area (Å²) in [7, 11) is 0. The Morgan fingerprint density at radius 3 is 2.80 bits per heavy atom. The van der Waals surface area contributed by atoms with Crippen LogP contribution in [0.3, 0.4) is 0 Å². The third kappa shape index (κ3) is 3.32. The number of anilines is 2. The maximum atomic E-state index is 12.0. The normalized spacial score (nSPS) is 12.9. The van der Waals surface area contributed by atoms with E-state index in [1.165, 1.54) is 6.20 Å². The molecule has 1 unspecified atom stereocenters. The highest BCUT2D eigenvalue weighted by Crippen LogP contribution is 2.14. The first-order valence-corrected chi connectivity index (χ1v) is 4.43. The molecular weight excluding hydrogens is 204 g/mol. The number of hydrogen-bond donors (Lipinski definition) is 3. The van der Waals surface area contributed by atoms with E-state index in [-0.39, 0.29) is 6.54 Å². The lowest BCUT2D eigenvalue weighted by Gasteiger charge is -2.12. The standard InChI is InChI=1S/C9H13F2N3O/c1-5-2-6(12)3-13-9(5)14-4-7(15)8(10)11/h2-3,7-8,15H,4,12H2,1H3,(H,13,14). The summed E-state index contributed by atoms with van der Waals surface area (Å²) in [5.41, 5.74) is 6.73. The number of alkyl halides is 2. The third-order valence-electron chi connectivity index (χ3n) is 1.87. The molecule has 15 heavy (non-hydrogen) atoms. The van der Waals surface area contributed by atoms with Gasteiger partial charge in [0.15, 0.2) is 0 Å². The molecule has 0 aliphatic carbocycles. The van der Waals surface area contributed by atoms with E-state index in [1.54, 1.807) is 13.0 Å². The van der Waals surface area contributed by atoms with Gasteiger partial charge in [0.1, 0.15) is 11.9 Å². The van der Waals surface area contributed by atoms with Crippen molar-refractivity contribution in [1.29, 1.82) is 0 Å². The predicted molar refractivity (Wildman–Crippen MR) is 53.9 cm³/mol. The van der Waals surface area contributed by atoms with Gasteiger partial charge in [-0.25, -0.2) is 13.8 Å². The molecule has 0 amide bonds. The van der Waals surface area contributed by atoms with E-state index in [0.29, 0.717) is 11.5 Å². The summed E-state index contributed by atoms with van der Waals surface area (Å²) in [6.07, 6.45) is -3.03. The van der Waals surface area contributed by atoms with Gasteiger partial charge in [-0.05, 0) is 18.6 Å². The first-order chi connectivity index (χ1) is 7.00. The van der Waals surface area contributed by atoms with Crippen molar-refractivity contribution < 1.29 is 13.9 Å². The third-order valence-corrected chi connectivity index (χ3v) is 1.87. The molecule has 0 radical (unpaired) electrons. The average molecular weight is 217 g/mol. The van der Waals surface area contributed by atoms with Crippen LogP contribution in [0.25, 0.3) is 0 Å². The molecule has 1 heterocycles. The molecule has 0 saturated heterocycles. The summed E-state index contributed by atoms with van der Waals surface area (Å²) in [6.45, 7) is 1.51. The number of aliphatic hydroxyl groups is 1. The van der Waals surface area contributed by atoms with Crippen LogP contribution < -0.4 is 11.1 Å². The van der Waals surface area contributed by atoms with Crippen LogP contribution in [0.1, 0.15) is 5.56 Å². The maximum Gasteiger partial charge on any atom is 0.265 e. The van der Waals surface area contributed by atoms with Gasteiger partial charge >= 0.3 is 0 Å². The van der Waals surface area contributed by atoms with Gasteiger partial charge in [-0.1, -0.05) is 0 Å². The van der Waals surface area contributed by atoms with E-state index in [4.69, 9.17) is 10.8 Å². The van der Waals surface area contributed by atoms with E-state index >= 15 is 0 Å². The second-order valence-electron chi connectivity index (χ2n) is 3.22. The Morgan fingerprint density at radius 1 is 1.60 bits per heavy atom. The Bertz CT molecular complexity index is 333. The first kappa shape index (κ1) is 11.6. The van der Waals surface area contributed by atoms with Crippen LogP contribution in [0.5, 0.6) is 0 Å². The van der Waals surface area contributed by atoms with Crippen molar-refractivity contribution in [3.8, 4) is 0 Å². The van der Waals surface area contributed by atoms with Crippen LogP contribution >= 0.6 is 0 Å². The molecule has 0 bridgehead atoms. The highest BCUT2D eigenvalue weighted by atomic mass is 19.3. The van der Waals surface area contributed by atoms with Gasteiger partial charge < -0.3 is 16.2 Å². The maximum absolute atomic E-state index is 12.0. The SMILES string of the molecule is Cc1cc(N)cnc1NCC(O)C(F)F. The fourth-order valence-electron chi connectivity index (χ4n) is 1.07. The molecule has 4 nitrogen and oxygen atoms in total. The summed E-state index contributed by atoms with van der Waals surface area (Å²) >= 11 is 0. The zero-order valence-corrected chi connectivity index (χ0v) is 8.24. The number of aliphatic hydroxyl groups excluding tert-OH is 1. The number of aromatic nitrogens is 1. The second-order valence-corrected chi connectivity index (χ2v) is 3.22. The number of hydrogen-bond acceptors (Lipinski definition) is 4. The molecule has 1 aromatic rings. The van der Waals surface area contributed by atoms with Crippen molar-refractivity contribution in [2.45, 2.75) is 19.5 Å². The van der Waals surface area contributed by atoms with Crippen LogP contribution in [0.2, 0.25) is 0 Å². The van der Waals surface area contributed by atoms with Gasteiger partial charge in [0.05, 0.1) is 11.9 Å². The Balaban J connectivity index is 2.58. The monoisotopic (exact) mass is 217 g/mol. The quantitative estimate of drug-likeness (QED) is 0.704. The molecule has 4 N–H and O–H groups in total. The smallest absolute Gasteiger partial charge is 0.265 e. The Hall–Kier alpha value is -1.43. The number of nitrogen functional groups attached to an aromatic ring is 1. The van der Waals surface area contributed by atoms with E-state index < -0.39 is 12.5 Å². The molecule has 0 saturated carbocycles. The number of nitrogens with two attached hydrogens (primary N) is 1. The lowest BCUT2D eigenvalue weighted by Crippen LogP contribution is -2.27. The summed E-state index contributed by atoms with van der Waals surface area (Å²) in [5.74, 6) is 0.448. The molecule has 6 heteroatoms. The van der Waals surface area contributed by atoms with Gasteiger partial charge in [0.25, 0.3) is 6.43 Å². The number of aryl methyl sites for hydroxylation is 1. The summed E-state index contributed by atoms with van der Waals surface area (Å²) < 4.78 is 23.9. The average Bonchev–Trinajstić information content (AvgIpc) is 2.15.